The lowest BCUT2D eigenvalue weighted by molar-refractivity contribution is 0.0714. The summed E-state index contributed by atoms with van der Waals surface area (Å²) in [4.78, 5) is 21.9. The molecule has 6 heteroatoms. The zero-order chi connectivity index (χ0) is 19.7. The molecule has 3 aromatic rings. The topological polar surface area (TPSA) is 75.1 Å². The highest BCUT2D eigenvalue weighted by Gasteiger charge is 2.26. The minimum Gasteiger partial charge on any atom is -0.391 e. The van der Waals surface area contributed by atoms with Crippen LogP contribution >= 0.6 is 11.3 Å². The molecule has 0 saturated heterocycles. The molecule has 1 aliphatic rings. The SMILES string of the molecule is Cc1ccc(Cc2cc(C(=O)N[C@@H]3CCCC[C@H]3O)nc3c(C)csc23)cn1. The van der Waals surface area contributed by atoms with Gasteiger partial charge >= 0.3 is 0 Å². The molecule has 1 fully saturated rings. The largest absolute Gasteiger partial charge is 0.391 e. The number of amides is 1. The van der Waals surface area contributed by atoms with Crippen molar-refractivity contribution in [3.05, 3.63) is 57.9 Å². The van der Waals surface area contributed by atoms with E-state index >= 15 is 0 Å². The maximum absolute atomic E-state index is 12.9. The van der Waals surface area contributed by atoms with Crippen molar-refractivity contribution in [2.75, 3.05) is 0 Å². The summed E-state index contributed by atoms with van der Waals surface area (Å²) in [5.74, 6) is -0.207. The molecule has 3 heterocycles. The summed E-state index contributed by atoms with van der Waals surface area (Å²) in [6.07, 6.45) is 5.73. The van der Waals surface area contributed by atoms with Crippen LogP contribution < -0.4 is 5.32 Å². The van der Waals surface area contributed by atoms with Gasteiger partial charge in [-0.3, -0.25) is 9.78 Å². The van der Waals surface area contributed by atoms with Gasteiger partial charge in [-0.1, -0.05) is 18.9 Å². The molecule has 0 aliphatic heterocycles. The van der Waals surface area contributed by atoms with Crippen molar-refractivity contribution in [3.63, 3.8) is 0 Å². The lowest BCUT2D eigenvalue weighted by Gasteiger charge is -2.28. The minimum atomic E-state index is -0.470. The van der Waals surface area contributed by atoms with Crippen LogP contribution in [-0.4, -0.2) is 33.1 Å². The standard InChI is InChI=1S/C22H25N3O2S/c1-13-12-28-21-16(9-15-8-7-14(2)23-11-15)10-18(24-20(13)21)22(27)25-17-5-3-4-6-19(17)26/h7-8,10-12,17,19,26H,3-6,9H2,1-2H3,(H,25,27)/t17-,19-/m1/s1. The molecule has 2 N–H and O–H groups in total. The highest BCUT2D eigenvalue weighted by atomic mass is 32.1. The fourth-order valence-corrected chi connectivity index (χ4v) is 4.79. The molecular weight excluding hydrogens is 370 g/mol. The quantitative estimate of drug-likeness (QED) is 0.702. The molecule has 1 amide bonds. The number of pyridine rings is 2. The number of aromatic nitrogens is 2. The number of rotatable bonds is 4. The normalized spacial score (nSPS) is 19.7. The number of thiophene rings is 1. The summed E-state index contributed by atoms with van der Waals surface area (Å²) < 4.78 is 1.12. The zero-order valence-corrected chi connectivity index (χ0v) is 17.1. The van der Waals surface area contributed by atoms with E-state index in [0.717, 1.165) is 58.3 Å². The molecule has 4 rings (SSSR count). The van der Waals surface area contributed by atoms with Crippen molar-refractivity contribution < 1.29 is 9.90 Å². The van der Waals surface area contributed by atoms with Crippen LogP contribution in [0.3, 0.4) is 0 Å². The molecule has 0 unspecified atom stereocenters. The Kier molecular flexibility index (Phi) is 5.42. The van der Waals surface area contributed by atoms with E-state index < -0.39 is 6.10 Å². The van der Waals surface area contributed by atoms with Gasteiger partial charge in [0.15, 0.2) is 0 Å². The van der Waals surface area contributed by atoms with Crippen molar-refractivity contribution in [1.29, 1.82) is 0 Å². The Balaban J connectivity index is 1.65. The second-order valence-electron chi connectivity index (χ2n) is 7.68. The van der Waals surface area contributed by atoms with E-state index in [1.165, 1.54) is 0 Å². The number of nitrogens with zero attached hydrogens (tertiary/aromatic N) is 2. The Morgan fingerprint density at radius 3 is 2.86 bits per heavy atom. The monoisotopic (exact) mass is 395 g/mol. The zero-order valence-electron chi connectivity index (χ0n) is 16.2. The third-order valence-corrected chi connectivity index (χ3v) is 6.59. The third kappa shape index (κ3) is 3.93. The summed E-state index contributed by atoms with van der Waals surface area (Å²) in [5, 5.41) is 15.3. The number of aliphatic hydroxyl groups is 1. The van der Waals surface area contributed by atoms with Gasteiger partial charge in [-0.15, -0.1) is 11.3 Å². The van der Waals surface area contributed by atoms with Crippen molar-refractivity contribution in [2.45, 2.75) is 58.1 Å². The number of hydrogen-bond donors (Lipinski definition) is 2. The third-order valence-electron chi connectivity index (χ3n) is 5.42. The number of carbonyl (C=O) groups is 1. The first-order valence-corrected chi connectivity index (χ1v) is 10.7. The van der Waals surface area contributed by atoms with Crippen LogP contribution in [-0.2, 0) is 6.42 Å². The summed E-state index contributed by atoms with van der Waals surface area (Å²) >= 11 is 1.66. The fourth-order valence-electron chi connectivity index (χ4n) is 3.78. The molecular formula is C22H25N3O2S. The number of aryl methyl sites for hydroxylation is 2. The number of fused-ring (bicyclic) bond motifs is 1. The summed E-state index contributed by atoms with van der Waals surface area (Å²) in [5.41, 5.74) is 5.57. The lowest BCUT2D eigenvalue weighted by Crippen LogP contribution is -2.45. The average molecular weight is 396 g/mol. The Morgan fingerprint density at radius 1 is 1.29 bits per heavy atom. The van der Waals surface area contributed by atoms with Crippen molar-refractivity contribution in [1.82, 2.24) is 15.3 Å². The molecule has 1 saturated carbocycles. The second kappa shape index (κ2) is 7.97. The predicted octanol–water partition coefficient (Wildman–Crippen LogP) is 3.93. The molecule has 146 valence electrons. The van der Waals surface area contributed by atoms with Gasteiger partial charge in [0.2, 0.25) is 0 Å². The molecule has 0 aromatic carbocycles. The first-order chi connectivity index (χ1) is 13.5. The summed E-state index contributed by atoms with van der Waals surface area (Å²) in [6.45, 7) is 3.99. The highest BCUT2D eigenvalue weighted by Crippen LogP contribution is 2.29. The first-order valence-electron chi connectivity index (χ1n) is 9.79. The first kappa shape index (κ1) is 19.0. The van der Waals surface area contributed by atoms with Gasteiger partial charge in [-0.2, -0.15) is 0 Å². The Hall–Kier alpha value is -2.31. The molecule has 3 aromatic heterocycles. The van der Waals surface area contributed by atoms with E-state index in [4.69, 9.17) is 0 Å². The van der Waals surface area contributed by atoms with Crippen LogP contribution in [0.1, 0.15) is 58.6 Å². The van der Waals surface area contributed by atoms with Crippen LogP contribution in [0.5, 0.6) is 0 Å². The van der Waals surface area contributed by atoms with Crippen molar-refractivity contribution >= 4 is 27.5 Å². The Bertz CT molecular complexity index is 997. The highest BCUT2D eigenvalue weighted by molar-refractivity contribution is 7.17. The number of aliphatic hydroxyl groups excluding tert-OH is 1. The van der Waals surface area contributed by atoms with E-state index in [2.05, 4.69) is 26.7 Å². The molecule has 0 spiro atoms. The molecule has 0 bridgehead atoms. The Morgan fingerprint density at radius 2 is 2.11 bits per heavy atom. The lowest BCUT2D eigenvalue weighted by atomic mass is 9.92. The van der Waals surface area contributed by atoms with Crippen LogP contribution in [0, 0.1) is 13.8 Å². The molecule has 1 aliphatic carbocycles. The number of carbonyl (C=O) groups excluding carboxylic acids is 1. The second-order valence-corrected chi connectivity index (χ2v) is 8.56. The van der Waals surface area contributed by atoms with Gasteiger partial charge in [0.05, 0.1) is 22.4 Å². The van der Waals surface area contributed by atoms with E-state index in [0.29, 0.717) is 12.1 Å². The summed E-state index contributed by atoms with van der Waals surface area (Å²) in [6, 6.07) is 5.79. The van der Waals surface area contributed by atoms with Gasteiger partial charge in [-0.05, 0) is 60.9 Å². The van der Waals surface area contributed by atoms with Crippen molar-refractivity contribution in [3.8, 4) is 0 Å². The smallest absolute Gasteiger partial charge is 0.270 e. The number of nitrogens with one attached hydrogen (secondary N) is 1. The van der Waals surface area contributed by atoms with Crippen LogP contribution in [0.4, 0.5) is 0 Å². The summed E-state index contributed by atoms with van der Waals surface area (Å²) in [7, 11) is 0. The minimum absolute atomic E-state index is 0.188. The molecule has 28 heavy (non-hydrogen) atoms. The molecule has 2 atom stereocenters. The van der Waals surface area contributed by atoms with Crippen LogP contribution in [0.2, 0.25) is 0 Å². The van der Waals surface area contributed by atoms with Crippen LogP contribution in [0.15, 0.2) is 29.8 Å². The van der Waals surface area contributed by atoms with Gasteiger partial charge in [0.25, 0.3) is 5.91 Å². The van der Waals surface area contributed by atoms with Crippen molar-refractivity contribution in [2.24, 2.45) is 0 Å². The van der Waals surface area contributed by atoms with Gasteiger partial charge < -0.3 is 10.4 Å². The molecule has 5 nitrogen and oxygen atoms in total. The van der Waals surface area contributed by atoms with Gasteiger partial charge in [0, 0.05) is 18.3 Å². The van der Waals surface area contributed by atoms with Gasteiger partial charge in [-0.25, -0.2) is 4.98 Å². The number of hydrogen-bond acceptors (Lipinski definition) is 5. The van der Waals surface area contributed by atoms with Gasteiger partial charge in [0.1, 0.15) is 5.69 Å². The average Bonchev–Trinajstić information content (AvgIpc) is 3.07. The van der Waals surface area contributed by atoms with Crippen LogP contribution in [0.25, 0.3) is 10.2 Å². The van der Waals surface area contributed by atoms with E-state index in [1.54, 1.807) is 11.3 Å². The molecule has 0 radical (unpaired) electrons. The van der Waals surface area contributed by atoms with E-state index in [1.807, 2.05) is 32.2 Å². The van der Waals surface area contributed by atoms with E-state index in [-0.39, 0.29) is 11.9 Å². The maximum Gasteiger partial charge on any atom is 0.270 e. The predicted molar refractivity (Wildman–Crippen MR) is 112 cm³/mol. The van der Waals surface area contributed by atoms with E-state index in [9.17, 15) is 9.90 Å². The maximum atomic E-state index is 12.9. The fraction of sp³-hybridized carbons (Fsp3) is 0.409. The Labute approximate surface area is 168 Å².